The van der Waals surface area contributed by atoms with Crippen molar-refractivity contribution in [1.29, 1.82) is 0 Å². The standard InChI is InChI=1S/C10H7ClINO2S/c11-9-5-6-10(13-9)16(14,15)8-4-2-1-3-7(8)12/h1-6,10H. The molecule has 0 saturated carbocycles. The van der Waals surface area contributed by atoms with Crippen molar-refractivity contribution < 1.29 is 8.42 Å². The van der Waals surface area contributed by atoms with E-state index in [0.717, 1.165) is 0 Å². The molecule has 3 nitrogen and oxygen atoms in total. The van der Waals surface area contributed by atoms with Crippen LogP contribution in [0.15, 0.2) is 46.3 Å². The highest BCUT2D eigenvalue weighted by Crippen LogP contribution is 2.25. The normalized spacial score (nSPS) is 19.9. The van der Waals surface area contributed by atoms with Gasteiger partial charge in [0, 0.05) is 3.57 Å². The zero-order valence-electron chi connectivity index (χ0n) is 7.97. The highest BCUT2D eigenvalue weighted by Gasteiger charge is 2.28. The second kappa shape index (κ2) is 4.46. The molecular weight excluding hydrogens is 361 g/mol. The monoisotopic (exact) mass is 367 g/mol. The summed E-state index contributed by atoms with van der Waals surface area (Å²) in [5, 5.41) is -0.671. The number of rotatable bonds is 2. The Kier molecular flexibility index (Phi) is 3.37. The predicted octanol–water partition coefficient (Wildman–Crippen LogP) is 2.60. The van der Waals surface area contributed by atoms with Crippen molar-refractivity contribution in [2.45, 2.75) is 10.3 Å². The van der Waals surface area contributed by atoms with E-state index in [2.05, 4.69) is 4.99 Å². The number of allylic oxidation sites excluding steroid dienone is 1. The van der Waals surface area contributed by atoms with Gasteiger partial charge < -0.3 is 0 Å². The SMILES string of the molecule is O=S(=O)(c1ccccc1I)C1C=CC(Cl)=N1. The zero-order valence-corrected chi connectivity index (χ0v) is 11.7. The van der Waals surface area contributed by atoms with Gasteiger partial charge in [0.2, 0.25) is 9.84 Å². The van der Waals surface area contributed by atoms with Crippen LogP contribution in [0.3, 0.4) is 0 Å². The van der Waals surface area contributed by atoms with Crippen molar-refractivity contribution in [2.24, 2.45) is 4.99 Å². The van der Waals surface area contributed by atoms with E-state index >= 15 is 0 Å². The molecule has 1 aliphatic rings. The van der Waals surface area contributed by atoms with Crippen LogP contribution >= 0.6 is 34.2 Å². The van der Waals surface area contributed by atoms with Crippen LogP contribution in [0.5, 0.6) is 0 Å². The quantitative estimate of drug-likeness (QED) is 0.754. The summed E-state index contributed by atoms with van der Waals surface area (Å²) in [6.07, 6.45) is 2.99. The van der Waals surface area contributed by atoms with Gasteiger partial charge >= 0.3 is 0 Å². The summed E-state index contributed by atoms with van der Waals surface area (Å²) in [6.45, 7) is 0. The van der Waals surface area contributed by atoms with Gasteiger partial charge in [0.25, 0.3) is 0 Å². The van der Waals surface area contributed by atoms with Crippen molar-refractivity contribution in [3.05, 3.63) is 40.0 Å². The first-order chi connectivity index (χ1) is 7.51. The summed E-state index contributed by atoms with van der Waals surface area (Å²) in [5.41, 5.74) is 0. The maximum atomic E-state index is 12.2. The molecule has 0 spiro atoms. The largest absolute Gasteiger partial charge is 0.249 e. The van der Waals surface area contributed by atoms with E-state index < -0.39 is 15.2 Å². The average molecular weight is 368 g/mol. The van der Waals surface area contributed by atoms with Crippen LogP contribution in [0.25, 0.3) is 0 Å². The van der Waals surface area contributed by atoms with Crippen molar-refractivity contribution in [3.63, 3.8) is 0 Å². The summed E-state index contributed by atoms with van der Waals surface area (Å²) >= 11 is 7.63. The van der Waals surface area contributed by atoms with Crippen LogP contribution in [-0.2, 0) is 9.84 Å². The second-order valence-corrected chi connectivity index (χ2v) is 6.74. The molecule has 1 aliphatic heterocycles. The Balaban J connectivity index is 2.49. The lowest BCUT2D eigenvalue weighted by Gasteiger charge is -2.08. The third kappa shape index (κ3) is 2.16. The summed E-state index contributed by atoms with van der Waals surface area (Å²) in [5.74, 6) is 0. The van der Waals surface area contributed by atoms with Crippen LogP contribution in [-0.4, -0.2) is 19.0 Å². The molecule has 84 valence electrons. The Bertz CT molecular complexity index is 580. The summed E-state index contributed by atoms with van der Waals surface area (Å²) < 4.78 is 25.0. The van der Waals surface area contributed by atoms with E-state index in [0.29, 0.717) is 8.47 Å². The van der Waals surface area contributed by atoms with Gasteiger partial charge in [0.05, 0.1) is 4.90 Å². The van der Waals surface area contributed by atoms with Crippen molar-refractivity contribution in [1.82, 2.24) is 0 Å². The van der Waals surface area contributed by atoms with Crippen LogP contribution < -0.4 is 0 Å². The third-order valence-electron chi connectivity index (χ3n) is 2.11. The number of aliphatic imine (C=N–C) groups is 1. The average Bonchev–Trinajstić information content (AvgIpc) is 2.66. The number of nitrogens with zero attached hydrogens (tertiary/aromatic N) is 1. The lowest BCUT2D eigenvalue weighted by atomic mass is 10.4. The molecule has 1 unspecified atom stereocenters. The minimum Gasteiger partial charge on any atom is -0.249 e. The first-order valence-corrected chi connectivity index (χ1v) is 7.42. The minimum absolute atomic E-state index is 0.222. The summed E-state index contributed by atoms with van der Waals surface area (Å²) in [4.78, 5) is 4.15. The van der Waals surface area contributed by atoms with Gasteiger partial charge in [-0.25, -0.2) is 13.4 Å². The van der Waals surface area contributed by atoms with E-state index in [4.69, 9.17) is 11.6 Å². The molecule has 0 aliphatic carbocycles. The Morgan fingerprint density at radius 2 is 2.00 bits per heavy atom. The van der Waals surface area contributed by atoms with Gasteiger partial charge in [0.1, 0.15) is 5.17 Å². The maximum Gasteiger partial charge on any atom is 0.206 e. The fourth-order valence-corrected chi connectivity index (χ4v) is 4.30. The van der Waals surface area contributed by atoms with E-state index in [-0.39, 0.29) is 5.17 Å². The fourth-order valence-electron chi connectivity index (χ4n) is 1.35. The molecular formula is C10H7ClINO2S. The molecule has 16 heavy (non-hydrogen) atoms. The lowest BCUT2D eigenvalue weighted by Crippen LogP contribution is -2.16. The van der Waals surface area contributed by atoms with Gasteiger partial charge in [-0.1, -0.05) is 23.7 Å². The lowest BCUT2D eigenvalue weighted by molar-refractivity contribution is 0.589. The molecule has 0 saturated heterocycles. The number of hydrogen-bond acceptors (Lipinski definition) is 3. The molecule has 0 N–H and O–H groups in total. The molecule has 1 aromatic rings. The molecule has 0 fully saturated rings. The van der Waals surface area contributed by atoms with Crippen molar-refractivity contribution in [2.75, 3.05) is 0 Å². The van der Waals surface area contributed by atoms with Crippen LogP contribution in [0.2, 0.25) is 0 Å². The van der Waals surface area contributed by atoms with Gasteiger partial charge in [-0.05, 0) is 46.9 Å². The highest BCUT2D eigenvalue weighted by molar-refractivity contribution is 14.1. The van der Waals surface area contributed by atoms with Crippen LogP contribution in [0.4, 0.5) is 0 Å². The summed E-state index contributed by atoms with van der Waals surface area (Å²) in [6, 6.07) is 6.81. The molecule has 2 rings (SSSR count). The predicted molar refractivity (Wildman–Crippen MR) is 72.6 cm³/mol. The molecule has 1 heterocycles. The number of benzene rings is 1. The maximum absolute atomic E-state index is 12.2. The van der Waals surface area contributed by atoms with Gasteiger partial charge in [0.15, 0.2) is 5.37 Å². The zero-order chi connectivity index (χ0) is 11.8. The molecule has 1 aromatic carbocycles. The molecule has 0 amide bonds. The van der Waals surface area contributed by atoms with Crippen molar-refractivity contribution >= 4 is 49.2 Å². The van der Waals surface area contributed by atoms with Crippen LogP contribution in [0, 0.1) is 3.57 Å². The van der Waals surface area contributed by atoms with Gasteiger partial charge in [-0.2, -0.15) is 0 Å². The highest BCUT2D eigenvalue weighted by atomic mass is 127. The Hall–Kier alpha value is -0.400. The molecule has 6 heteroatoms. The third-order valence-corrected chi connectivity index (χ3v) is 5.51. The first-order valence-electron chi connectivity index (χ1n) is 4.42. The van der Waals surface area contributed by atoms with Gasteiger partial charge in [-0.3, -0.25) is 0 Å². The molecule has 1 atom stereocenters. The topological polar surface area (TPSA) is 46.5 Å². The van der Waals surface area contributed by atoms with E-state index in [1.54, 1.807) is 24.3 Å². The smallest absolute Gasteiger partial charge is 0.206 e. The van der Waals surface area contributed by atoms with Crippen molar-refractivity contribution in [3.8, 4) is 0 Å². The molecule has 0 aromatic heterocycles. The Morgan fingerprint density at radius 1 is 1.31 bits per heavy atom. The number of sulfone groups is 1. The fraction of sp³-hybridized carbons (Fsp3) is 0.100. The van der Waals surface area contributed by atoms with E-state index in [9.17, 15) is 8.42 Å². The van der Waals surface area contributed by atoms with Crippen LogP contribution in [0.1, 0.15) is 0 Å². The minimum atomic E-state index is -3.47. The van der Waals surface area contributed by atoms with E-state index in [1.807, 2.05) is 22.6 Å². The Labute approximate surface area is 112 Å². The Morgan fingerprint density at radius 3 is 2.56 bits per heavy atom. The number of hydrogen-bond donors (Lipinski definition) is 0. The first kappa shape index (κ1) is 12.1. The second-order valence-electron chi connectivity index (χ2n) is 3.18. The number of halogens is 2. The molecule has 0 radical (unpaired) electrons. The summed E-state index contributed by atoms with van der Waals surface area (Å²) in [7, 11) is -3.47. The van der Waals surface area contributed by atoms with Gasteiger partial charge in [-0.15, -0.1) is 0 Å². The van der Waals surface area contributed by atoms with E-state index in [1.165, 1.54) is 12.2 Å². The molecule has 0 bridgehead atoms.